The third kappa shape index (κ3) is 3.21. The average molecular weight is 266 g/mol. The molecule has 6 heteroatoms. The van der Waals surface area contributed by atoms with Gasteiger partial charge in [-0.2, -0.15) is 0 Å². The minimum atomic E-state index is -0.249. The van der Waals surface area contributed by atoms with Gasteiger partial charge in [-0.3, -0.25) is 10.4 Å². The molecule has 2 rings (SSSR count). The molecule has 3 N–H and O–H groups in total. The van der Waals surface area contributed by atoms with Gasteiger partial charge < -0.3 is 9.64 Å². The predicted octanol–water partition coefficient (Wildman–Crippen LogP) is 1.04. The number of fused-ring (bicyclic) bond motifs is 1. The third-order valence-corrected chi connectivity index (χ3v) is 3.10. The number of nitrogens with zero attached hydrogens (tertiary/aromatic N) is 2. The lowest BCUT2D eigenvalue weighted by molar-refractivity contribution is 0.197. The molecule has 0 aliphatic carbocycles. The molecule has 5 nitrogen and oxygen atoms in total. The second-order valence-corrected chi connectivity index (χ2v) is 4.37. The Morgan fingerprint density at radius 3 is 3.16 bits per heavy atom. The quantitative estimate of drug-likeness (QED) is 0.281. The number of hydrogen-bond donors (Lipinski definition) is 2. The minimum absolute atomic E-state index is 0.249. The van der Waals surface area contributed by atoms with Crippen molar-refractivity contribution in [3.63, 3.8) is 0 Å². The van der Waals surface area contributed by atoms with E-state index in [9.17, 15) is 4.39 Å². The molecule has 1 aliphatic heterocycles. The number of nitrogens with two attached hydrogens (primary N) is 1. The molecule has 0 radical (unpaired) electrons. The highest BCUT2D eigenvalue weighted by Gasteiger charge is 2.23. The van der Waals surface area contributed by atoms with E-state index >= 15 is 0 Å². The predicted molar refractivity (Wildman–Crippen MR) is 73.6 cm³/mol. The molecular formula is C13H19FN4O. The highest BCUT2D eigenvalue weighted by molar-refractivity contribution is 5.97. The van der Waals surface area contributed by atoms with Crippen LogP contribution in [-0.2, 0) is 11.2 Å². The molecule has 1 aromatic rings. The zero-order valence-corrected chi connectivity index (χ0v) is 11.0. The lowest BCUT2D eigenvalue weighted by Crippen LogP contribution is -2.44. The van der Waals surface area contributed by atoms with E-state index in [0.29, 0.717) is 19.1 Å². The van der Waals surface area contributed by atoms with Crippen molar-refractivity contribution in [1.29, 1.82) is 0 Å². The van der Waals surface area contributed by atoms with Crippen LogP contribution in [0.15, 0.2) is 23.2 Å². The molecule has 19 heavy (non-hydrogen) atoms. The van der Waals surface area contributed by atoms with Crippen molar-refractivity contribution in [3.05, 3.63) is 29.6 Å². The highest BCUT2D eigenvalue weighted by atomic mass is 19.1. The van der Waals surface area contributed by atoms with Crippen LogP contribution in [0.5, 0.6) is 0 Å². The van der Waals surface area contributed by atoms with Crippen LogP contribution < -0.4 is 16.2 Å². The first kappa shape index (κ1) is 13.8. The van der Waals surface area contributed by atoms with E-state index in [-0.39, 0.29) is 5.82 Å². The topological polar surface area (TPSA) is 62.9 Å². The maximum atomic E-state index is 13.3. The molecule has 0 fully saturated rings. The zero-order chi connectivity index (χ0) is 13.7. The largest absolute Gasteiger partial charge is 0.385 e. The second-order valence-electron chi connectivity index (χ2n) is 4.37. The fourth-order valence-corrected chi connectivity index (χ4v) is 2.18. The van der Waals surface area contributed by atoms with Gasteiger partial charge in [-0.1, -0.05) is 6.07 Å². The number of aliphatic imine (C=N–C) groups is 1. The number of hydrazine groups is 1. The summed E-state index contributed by atoms with van der Waals surface area (Å²) in [6.45, 7) is 2.03. The summed E-state index contributed by atoms with van der Waals surface area (Å²) in [5, 5.41) is 0. The van der Waals surface area contributed by atoms with Crippen molar-refractivity contribution in [2.45, 2.75) is 12.8 Å². The molecule has 1 heterocycles. The van der Waals surface area contributed by atoms with Gasteiger partial charge in [0.1, 0.15) is 5.82 Å². The van der Waals surface area contributed by atoms with E-state index in [1.807, 2.05) is 11.0 Å². The van der Waals surface area contributed by atoms with Crippen LogP contribution in [0.3, 0.4) is 0 Å². The molecule has 0 amide bonds. The Morgan fingerprint density at radius 2 is 2.42 bits per heavy atom. The Labute approximate surface area is 112 Å². The maximum Gasteiger partial charge on any atom is 0.212 e. The normalized spacial score (nSPS) is 14.7. The van der Waals surface area contributed by atoms with Crippen LogP contribution in [0.1, 0.15) is 12.0 Å². The maximum absolute atomic E-state index is 13.3. The summed E-state index contributed by atoms with van der Waals surface area (Å²) in [5.74, 6) is 5.84. The van der Waals surface area contributed by atoms with Crippen LogP contribution in [-0.4, -0.2) is 32.8 Å². The van der Waals surface area contributed by atoms with Gasteiger partial charge in [-0.15, -0.1) is 0 Å². The van der Waals surface area contributed by atoms with Crippen molar-refractivity contribution in [2.75, 3.05) is 31.7 Å². The molecule has 0 atom stereocenters. The molecule has 0 saturated carbocycles. The number of ether oxygens (including phenoxy) is 1. The Morgan fingerprint density at radius 1 is 1.58 bits per heavy atom. The van der Waals surface area contributed by atoms with Gasteiger partial charge >= 0.3 is 0 Å². The Kier molecular flexibility index (Phi) is 4.70. The third-order valence-electron chi connectivity index (χ3n) is 3.10. The molecule has 0 unspecified atom stereocenters. The first-order valence-corrected chi connectivity index (χ1v) is 6.32. The van der Waals surface area contributed by atoms with Crippen LogP contribution >= 0.6 is 0 Å². The monoisotopic (exact) mass is 266 g/mol. The molecule has 0 spiro atoms. The van der Waals surface area contributed by atoms with Crippen molar-refractivity contribution >= 4 is 11.6 Å². The van der Waals surface area contributed by atoms with Gasteiger partial charge in [0.05, 0.1) is 0 Å². The summed E-state index contributed by atoms with van der Waals surface area (Å²) < 4.78 is 18.3. The summed E-state index contributed by atoms with van der Waals surface area (Å²) in [7, 11) is 1.66. The molecule has 1 aliphatic rings. The van der Waals surface area contributed by atoms with E-state index in [4.69, 9.17) is 10.6 Å². The number of anilines is 1. The lowest BCUT2D eigenvalue weighted by Gasteiger charge is -2.20. The second kappa shape index (κ2) is 6.49. The van der Waals surface area contributed by atoms with Gasteiger partial charge in [-0.05, 0) is 30.5 Å². The van der Waals surface area contributed by atoms with E-state index in [0.717, 1.165) is 30.6 Å². The molecule has 104 valence electrons. The fourth-order valence-electron chi connectivity index (χ4n) is 2.18. The number of guanidine groups is 1. The van der Waals surface area contributed by atoms with E-state index < -0.39 is 0 Å². The Balaban J connectivity index is 2.11. The van der Waals surface area contributed by atoms with Crippen LogP contribution in [0.2, 0.25) is 0 Å². The van der Waals surface area contributed by atoms with E-state index in [1.54, 1.807) is 7.11 Å². The van der Waals surface area contributed by atoms with Crippen molar-refractivity contribution in [3.8, 4) is 0 Å². The average Bonchev–Trinajstić information content (AvgIpc) is 2.82. The molecule has 0 aromatic heterocycles. The SMILES string of the molecule is COCCCN=C(NN)N1CCc2ccc(F)cc21. The van der Waals surface area contributed by atoms with Crippen LogP contribution in [0.25, 0.3) is 0 Å². The van der Waals surface area contributed by atoms with Gasteiger partial charge in [0.15, 0.2) is 0 Å². The first-order valence-electron chi connectivity index (χ1n) is 6.32. The summed E-state index contributed by atoms with van der Waals surface area (Å²) in [4.78, 5) is 6.30. The van der Waals surface area contributed by atoms with Crippen molar-refractivity contribution in [2.24, 2.45) is 10.8 Å². The minimum Gasteiger partial charge on any atom is -0.385 e. The number of methoxy groups -OCH3 is 1. The van der Waals surface area contributed by atoms with Crippen LogP contribution in [0.4, 0.5) is 10.1 Å². The number of benzene rings is 1. The Bertz CT molecular complexity index is 464. The van der Waals surface area contributed by atoms with Crippen molar-refractivity contribution < 1.29 is 9.13 Å². The van der Waals surface area contributed by atoms with Gasteiger partial charge in [0.25, 0.3) is 0 Å². The number of nitrogens with one attached hydrogen (secondary N) is 1. The standard InChI is InChI=1S/C13H19FN4O/c1-19-8-2-6-16-13(17-15)18-7-5-10-3-4-11(14)9-12(10)18/h3-4,9H,2,5-8,15H2,1H3,(H,16,17). The molecular weight excluding hydrogens is 247 g/mol. The summed E-state index contributed by atoms with van der Waals surface area (Å²) >= 11 is 0. The number of halogens is 1. The number of hydrogen-bond acceptors (Lipinski definition) is 3. The molecule has 0 bridgehead atoms. The smallest absolute Gasteiger partial charge is 0.212 e. The fraction of sp³-hybridized carbons (Fsp3) is 0.462. The summed E-state index contributed by atoms with van der Waals surface area (Å²) in [6.07, 6.45) is 1.69. The van der Waals surface area contributed by atoms with Gasteiger partial charge in [-0.25, -0.2) is 10.2 Å². The summed E-state index contributed by atoms with van der Waals surface area (Å²) in [6, 6.07) is 4.81. The zero-order valence-electron chi connectivity index (χ0n) is 11.0. The Hall–Kier alpha value is -1.66. The summed E-state index contributed by atoms with van der Waals surface area (Å²) in [5.41, 5.74) is 4.54. The molecule has 0 saturated heterocycles. The van der Waals surface area contributed by atoms with E-state index in [1.165, 1.54) is 12.1 Å². The van der Waals surface area contributed by atoms with Crippen molar-refractivity contribution in [1.82, 2.24) is 5.43 Å². The van der Waals surface area contributed by atoms with Crippen LogP contribution in [0, 0.1) is 5.82 Å². The van der Waals surface area contributed by atoms with Gasteiger partial charge in [0.2, 0.25) is 5.96 Å². The number of rotatable bonds is 4. The lowest BCUT2D eigenvalue weighted by atomic mass is 10.2. The van der Waals surface area contributed by atoms with Gasteiger partial charge in [0, 0.05) is 32.5 Å². The highest BCUT2D eigenvalue weighted by Crippen LogP contribution is 2.28. The molecule has 1 aromatic carbocycles. The van der Waals surface area contributed by atoms with E-state index in [2.05, 4.69) is 10.4 Å². The first-order chi connectivity index (χ1) is 9.26.